The van der Waals surface area contributed by atoms with E-state index in [0.29, 0.717) is 17.4 Å². The van der Waals surface area contributed by atoms with Crippen LogP contribution in [0.3, 0.4) is 0 Å². The van der Waals surface area contributed by atoms with E-state index in [1.54, 1.807) is 25.2 Å². The summed E-state index contributed by atoms with van der Waals surface area (Å²) in [5.41, 5.74) is 3.38. The average molecular weight is 482 g/mol. The first-order valence-electron chi connectivity index (χ1n) is 12.7. The summed E-state index contributed by atoms with van der Waals surface area (Å²) in [5, 5.41) is 16.7. The highest BCUT2D eigenvalue weighted by Crippen LogP contribution is 2.29. The fourth-order valence-electron chi connectivity index (χ4n) is 4.76. The normalized spacial score (nSPS) is 21.0. The molecular formula is C26H39N7O2. The van der Waals surface area contributed by atoms with Crippen LogP contribution in [0.15, 0.2) is 24.4 Å². The van der Waals surface area contributed by atoms with Crippen LogP contribution in [-0.2, 0) is 6.42 Å². The summed E-state index contributed by atoms with van der Waals surface area (Å²) in [6.07, 6.45) is 5.81. The van der Waals surface area contributed by atoms with Crippen molar-refractivity contribution >= 4 is 28.9 Å². The van der Waals surface area contributed by atoms with Gasteiger partial charge in [-0.15, -0.1) is 0 Å². The second-order valence-corrected chi connectivity index (χ2v) is 9.90. The zero-order valence-corrected chi connectivity index (χ0v) is 21.4. The van der Waals surface area contributed by atoms with Gasteiger partial charge in [0.2, 0.25) is 0 Å². The number of carbonyl (C=O) groups excluding carboxylic acids is 1. The first kappa shape index (κ1) is 25.2. The van der Waals surface area contributed by atoms with Crippen molar-refractivity contribution in [2.75, 3.05) is 62.9 Å². The number of rotatable bonds is 7. The van der Waals surface area contributed by atoms with Crippen LogP contribution in [0, 0.1) is 0 Å². The molecule has 4 rings (SSSR count). The molecule has 9 nitrogen and oxygen atoms in total. The maximum atomic E-state index is 13.1. The third-order valence-corrected chi connectivity index (χ3v) is 6.97. The molecular weight excluding hydrogens is 442 g/mol. The first-order valence-corrected chi connectivity index (χ1v) is 12.7. The number of benzene rings is 1. The summed E-state index contributed by atoms with van der Waals surface area (Å²) in [7, 11) is 5.70. The fourth-order valence-corrected chi connectivity index (χ4v) is 4.76. The van der Waals surface area contributed by atoms with E-state index in [1.807, 2.05) is 18.2 Å². The minimum Gasteiger partial charge on any atom is -0.393 e. The monoisotopic (exact) mass is 481 g/mol. The number of likely N-dealkylation sites (N-methyl/N-ethyl adjacent to an activating group) is 1. The molecule has 3 N–H and O–H groups in total. The van der Waals surface area contributed by atoms with Crippen LogP contribution in [0.25, 0.3) is 0 Å². The molecule has 1 saturated carbocycles. The van der Waals surface area contributed by atoms with Gasteiger partial charge in [-0.25, -0.2) is 4.98 Å². The number of aliphatic hydroxyl groups excluding tert-OH is 1. The molecule has 0 bridgehead atoms. The van der Waals surface area contributed by atoms with Gasteiger partial charge in [-0.1, -0.05) is 6.92 Å². The Labute approximate surface area is 208 Å². The number of aryl methyl sites for hydroxylation is 1. The molecule has 1 amide bonds. The number of aromatic nitrogens is 2. The summed E-state index contributed by atoms with van der Waals surface area (Å²) in [5.74, 6) is 1.41. The topological polar surface area (TPSA) is 96.9 Å². The van der Waals surface area contributed by atoms with Crippen LogP contribution >= 0.6 is 0 Å². The van der Waals surface area contributed by atoms with Crippen LogP contribution in [-0.4, -0.2) is 90.2 Å². The molecule has 0 atom stereocenters. The van der Waals surface area contributed by atoms with E-state index in [1.165, 1.54) is 0 Å². The molecule has 190 valence electrons. The summed E-state index contributed by atoms with van der Waals surface area (Å²) >= 11 is 0. The lowest BCUT2D eigenvalue weighted by Crippen LogP contribution is -2.45. The van der Waals surface area contributed by atoms with Gasteiger partial charge in [0.25, 0.3) is 5.91 Å². The van der Waals surface area contributed by atoms with E-state index in [4.69, 9.17) is 4.98 Å². The van der Waals surface area contributed by atoms with Crippen molar-refractivity contribution in [2.24, 2.45) is 0 Å². The van der Waals surface area contributed by atoms with Crippen LogP contribution in [0.4, 0.5) is 23.0 Å². The summed E-state index contributed by atoms with van der Waals surface area (Å²) in [6, 6.07) is 6.25. The third-order valence-electron chi connectivity index (χ3n) is 6.97. The van der Waals surface area contributed by atoms with Crippen LogP contribution in [0.1, 0.15) is 48.7 Å². The van der Waals surface area contributed by atoms with Crippen molar-refractivity contribution in [1.29, 1.82) is 0 Å². The smallest absolute Gasteiger partial charge is 0.255 e. The minimum absolute atomic E-state index is 0.0168. The first-order chi connectivity index (χ1) is 16.8. The molecule has 1 aromatic carbocycles. The van der Waals surface area contributed by atoms with E-state index in [0.717, 1.165) is 81.2 Å². The quantitative estimate of drug-likeness (QED) is 0.556. The highest BCUT2D eigenvalue weighted by molar-refractivity contribution is 6.00. The number of aliphatic hydroxyl groups is 1. The molecule has 35 heavy (non-hydrogen) atoms. The molecule has 2 heterocycles. The largest absolute Gasteiger partial charge is 0.393 e. The van der Waals surface area contributed by atoms with Crippen molar-refractivity contribution in [1.82, 2.24) is 19.8 Å². The number of amides is 1. The lowest BCUT2D eigenvalue weighted by atomic mass is 9.93. The molecule has 1 aromatic heterocycles. The van der Waals surface area contributed by atoms with Crippen molar-refractivity contribution in [3.05, 3.63) is 35.7 Å². The van der Waals surface area contributed by atoms with Crippen molar-refractivity contribution in [2.45, 2.75) is 51.2 Å². The Hall–Kier alpha value is -2.91. The summed E-state index contributed by atoms with van der Waals surface area (Å²) in [6.45, 7) is 5.82. The van der Waals surface area contributed by atoms with Crippen LogP contribution < -0.4 is 15.5 Å². The molecule has 9 heteroatoms. The Balaban J connectivity index is 1.56. The highest BCUT2D eigenvalue weighted by atomic mass is 16.3. The second kappa shape index (κ2) is 11.2. The molecule has 0 radical (unpaired) electrons. The van der Waals surface area contributed by atoms with Crippen LogP contribution in [0.5, 0.6) is 0 Å². The number of nitrogens with zero attached hydrogens (tertiary/aromatic N) is 5. The Morgan fingerprint density at radius 3 is 2.51 bits per heavy atom. The van der Waals surface area contributed by atoms with Gasteiger partial charge in [-0.3, -0.25) is 9.78 Å². The summed E-state index contributed by atoms with van der Waals surface area (Å²) < 4.78 is 0. The lowest BCUT2D eigenvalue weighted by Gasteiger charge is -2.35. The fraction of sp³-hybridized carbons (Fsp3) is 0.577. The third kappa shape index (κ3) is 6.21. The maximum Gasteiger partial charge on any atom is 0.255 e. The number of piperazine rings is 1. The molecule has 2 aromatic rings. The molecule has 1 aliphatic carbocycles. The Morgan fingerprint density at radius 1 is 1.14 bits per heavy atom. The molecule has 1 aliphatic heterocycles. The predicted octanol–water partition coefficient (Wildman–Crippen LogP) is 2.95. The Kier molecular flexibility index (Phi) is 8.07. The maximum absolute atomic E-state index is 13.1. The van der Waals surface area contributed by atoms with Crippen molar-refractivity contribution in [3.8, 4) is 0 Å². The molecule has 0 unspecified atom stereocenters. The van der Waals surface area contributed by atoms with Crippen molar-refractivity contribution < 1.29 is 9.90 Å². The number of hydrogen-bond acceptors (Lipinski definition) is 8. The van der Waals surface area contributed by atoms with Crippen LogP contribution in [0.2, 0.25) is 0 Å². The SMILES string of the molecule is CCc1ncc(Nc2ccc(N3CCN(C)CC3)c(C(=O)N(C)C)c2)nc1NC1CCC(O)CC1. The van der Waals surface area contributed by atoms with Gasteiger partial charge in [0, 0.05) is 57.7 Å². The van der Waals surface area contributed by atoms with Gasteiger partial charge in [0.15, 0.2) is 5.82 Å². The molecule has 2 fully saturated rings. The van der Waals surface area contributed by atoms with E-state index in [9.17, 15) is 9.90 Å². The average Bonchev–Trinajstić information content (AvgIpc) is 2.86. The van der Waals surface area contributed by atoms with Gasteiger partial charge in [0.1, 0.15) is 5.82 Å². The summed E-state index contributed by atoms with van der Waals surface area (Å²) in [4.78, 5) is 28.7. The van der Waals surface area contributed by atoms with Gasteiger partial charge < -0.3 is 30.4 Å². The van der Waals surface area contributed by atoms with Gasteiger partial charge >= 0.3 is 0 Å². The van der Waals surface area contributed by atoms with E-state index >= 15 is 0 Å². The number of anilines is 4. The lowest BCUT2D eigenvalue weighted by molar-refractivity contribution is 0.0828. The second-order valence-electron chi connectivity index (χ2n) is 9.90. The zero-order valence-electron chi connectivity index (χ0n) is 21.4. The molecule has 0 spiro atoms. The van der Waals surface area contributed by atoms with Gasteiger partial charge in [-0.05, 0) is 57.4 Å². The number of carbonyl (C=O) groups is 1. The van der Waals surface area contributed by atoms with Gasteiger partial charge in [-0.2, -0.15) is 0 Å². The molecule has 1 saturated heterocycles. The molecule has 2 aliphatic rings. The van der Waals surface area contributed by atoms with E-state index < -0.39 is 0 Å². The Morgan fingerprint density at radius 2 is 1.86 bits per heavy atom. The number of hydrogen-bond donors (Lipinski definition) is 3. The highest BCUT2D eigenvalue weighted by Gasteiger charge is 2.23. The standard InChI is InChI=1S/C26H39N7O2/c1-5-22-25(29-18-6-9-20(34)10-7-18)30-24(17-27-22)28-19-8-11-23(21(16-19)26(35)31(2)3)33-14-12-32(4)13-15-33/h8,11,16-18,20,34H,5-7,9-10,12-15H2,1-4H3,(H2,28,29,30). The minimum atomic E-state index is -0.189. The van der Waals surface area contributed by atoms with Gasteiger partial charge in [0.05, 0.1) is 23.6 Å². The number of nitrogens with one attached hydrogen (secondary N) is 2. The zero-order chi connectivity index (χ0) is 24.9. The van der Waals surface area contributed by atoms with Crippen molar-refractivity contribution in [3.63, 3.8) is 0 Å². The van der Waals surface area contributed by atoms with E-state index in [2.05, 4.69) is 39.4 Å². The Bertz CT molecular complexity index is 1010. The van der Waals surface area contributed by atoms with E-state index in [-0.39, 0.29) is 12.0 Å². The predicted molar refractivity (Wildman–Crippen MR) is 141 cm³/mol.